The molecule has 7 nitrogen and oxygen atoms in total. The molecule has 0 saturated heterocycles. The molecule has 0 aliphatic carbocycles. The van der Waals surface area contributed by atoms with Gasteiger partial charge in [0.15, 0.2) is 9.34 Å². The second-order valence-corrected chi connectivity index (χ2v) is 10.0. The van der Waals surface area contributed by atoms with Crippen molar-refractivity contribution in [1.82, 2.24) is 9.71 Å². The van der Waals surface area contributed by atoms with Crippen molar-refractivity contribution in [2.45, 2.75) is 23.7 Å². The van der Waals surface area contributed by atoms with Crippen LogP contribution in [0.3, 0.4) is 0 Å². The molecule has 0 bridgehead atoms. The van der Waals surface area contributed by atoms with E-state index < -0.39 is 15.6 Å². The maximum absolute atomic E-state index is 12.4. The summed E-state index contributed by atoms with van der Waals surface area (Å²) < 4.78 is 28.2. The van der Waals surface area contributed by atoms with E-state index in [0.717, 1.165) is 21.4 Å². The molecule has 0 aliphatic rings. The highest BCUT2D eigenvalue weighted by Crippen LogP contribution is 2.33. The zero-order valence-corrected chi connectivity index (χ0v) is 16.5. The third-order valence-electron chi connectivity index (χ3n) is 3.60. The van der Waals surface area contributed by atoms with Gasteiger partial charge in [-0.1, -0.05) is 29.5 Å². The fourth-order valence-electron chi connectivity index (χ4n) is 2.23. The summed E-state index contributed by atoms with van der Waals surface area (Å²) in [5.74, 6) is -0.330. The van der Waals surface area contributed by atoms with Gasteiger partial charge in [0.25, 0.3) is 10.0 Å². The summed E-state index contributed by atoms with van der Waals surface area (Å²) in [5, 5.41) is 14.4. The van der Waals surface area contributed by atoms with Crippen molar-refractivity contribution in [2.24, 2.45) is 0 Å². The largest absolute Gasteiger partial charge is 0.383 e. The van der Waals surface area contributed by atoms with Crippen LogP contribution in [0.4, 0.5) is 5.13 Å². The lowest BCUT2D eigenvalue weighted by atomic mass is 10.1. The molecule has 3 aromatic rings. The van der Waals surface area contributed by atoms with Crippen molar-refractivity contribution >= 4 is 53.8 Å². The van der Waals surface area contributed by atoms with Gasteiger partial charge in [-0.05, 0) is 24.4 Å². The number of nitrogens with one attached hydrogen (secondary N) is 2. The minimum absolute atomic E-state index is 0.0339. The highest BCUT2D eigenvalue weighted by molar-refractivity contribution is 7.91. The van der Waals surface area contributed by atoms with Crippen molar-refractivity contribution in [2.75, 3.05) is 11.9 Å². The molecular weight excluding hydrogens is 394 g/mol. The summed E-state index contributed by atoms with van der Waals surface area (Å²) in [5.41, 5.74) is -1.36. The van der Waals surface area contributed by atoms with Crippen LogP contribution in [0.1, 0.15) is 18.7 Å². The Bertz CT molecular complexity index is 1020. The Labute approximate surface area is 158 Å². The van der Waals surface area contributed by atoms with Gasteiger partial charge in [-0.25, -0.2) is 18.1 Å². The minimum Gasteiger partial charge on any atom is -0.383 e. The number of aliphatic hydroxyl groups is 1. The van der Waals surface area contributed by atoms with Crippen LogP contribution in [0.25, 0.3) is 10.1 Å². The van der Waals surface area contributed by atoms with Crippen molar-refractivity contribution in [3.8, 4) is 0 Å². The Morgan fingerprint density at radius 1 is 1.31 bits per heavy atom. The number of nitrogens with zero attached hydrogens (tertiary/aromatic N) is 1. The third kappa shape index (κ3) is 4.10. The van der Waals surface area contributed by atoms with Crippen LogP contribution < -0.4 is 10.0 Å². The molecule has 0 aliphatic heterocycles. The molecule has 10 heteroatoms. The topological polar surface area (TPSA) is 108 Å². The molecule has 1 atom stereocenters. The first-order chi connectivity index (χ1) is 12.2. The fourth-order valence-corrected chi connectivity index (χ4v) is 5.59. The SMILES string of the molecule is CC(=O)Nc1ncc(S(=O)(=O)NCC(C)(O)c2cc3ccccc3s2)s1. The molecule has 0 fully saturated rings. The normalized spacial score (nSPS) is 14.3. The number of hydrogen-bond donors (Lipinski definition) is 3. The van der Waals surface area contributed by atoms with Crippen molar-refractivity contribution in [1.29, 1.82) is 0 Å². The second-order valence-electron chi connectivity index (χ2n) is 5.91. The first kappa shape index (κ1) is 18.9. The van der Waals surface area contributed by atoms with Crippen LogP contribution in [0.15, 0.2) is 40.7 Å². The van der Waals surface area contributed by atoms with E-state index in [0.29, 0.717) is 4.88 Å². The van der Waals surface area contributed by atoms with Crippen LogP contribution >= 0.6 is 22.7 Å². The number of amides is 1. The number of carbonyl (C=O) groups is 1. The minimum atomic E-state index is -3.85. The lowest BCUT2D eigenvalue weighted by molar-refractivity contribution is -0.114. The number of thiazole rings is 1. The molecule has 3 N–H and O–H groups in total. The van der Waals surface area contributed by atoms with Gasteiger partial charge in [0.1, 0.15) is 5.60 Å². The quantitative estimate of drug-likeness (QED) is 0.577. The summed E-state index contributed by atoms with van der Waals surface area (Å²) in [6, 6.07) is 9.57. The number of hydrogen-bond acceptors (Lipinski definition) is 7. The Morgan fingerprint density at radius 2 is 2.04 bits per heavy atom. The van der Waals surface area contributed by atoms with Crippen molar-refractivity contribution in [3.05, 3.63) is 41.4 Å². The van der Waals surface area contributed by atoms with E-state index in [-0.39, 0.29) is 21.8 Å². The van der Waals surface area contributed by atoms with E-state index in [1.165, 1.54) is 24.5 Å². The number of aromatic nitrogens is 1. The highest BCUT2D eigenvalue weighted by Gasteiger charge is 2.29. The number of rotatable bonds is 6. The fraction of sp³-hybridized carbons (Fsp3) is 0.250. The van der Waals surface area contributed by atoms with Gasteiger partial charge >= 0.3 is 0 Å². The average Bonchev–Trinajstić information content (AvgIpc) is 3.20. The Hall–Kier alpha value is -1.85. The molecule has 1 unspecified atom stereocenters. The molecule has 0 spiro atoms. The van der Waals surface area contributed by atoms with Crippen molar-refractivity contribution in [3.63, 3.8) is 0 Å². The van der Waals surface area contributed by atoms with Gasteiger partial charge < -0.3 is 10.4 Å². The van der Waals surface area contributed by atoms with Crippen molar-refractivity contribution < 1.29 is 18.3 Å². The Kier molecular flexibility index (Phi) is 5.13. The highest BCUT2D eigenvalue weighted by atomic mass is 32.2. The van der Waals surface area contributed by atoms with Crippen LogP contribution in [-0.4, -0.2) is 31.0 Å². The van der Waals surface area contributed by atoms with E-state index in [4.69, 9.17) is 0 Å². The number of fused-ring (bicyclic) bond motifs is 1. The number of thiophene rings is 1. The number of carbonyl (C=O) groups excluding carboxylic acids is 1. The number of sulfonamides is 1. The summed E-state index contributed by atoms with van der Waals surface area (Å²) >= 11 is 2.27. The first-order valence-corrected chi connectivity index (χ1v) is 10.7. The van der Waals surface area contributed by atoms with Gasteiger partial charge in [-0.3, -0.25) is 4.79 Å². The van der Waals surface area contributed by atoms with Gasteiger partial charge in [0, 0.05) is 23.0 Å². The Balaban J connectivity index is 1.75. The van der Waals surface area contributed by atoms with E-state index in [9.17, 15) is 18.3 Å². The smallest absolute Gasteiger partial charge is 0.251 e. The zero-order chi connectivity index (χ0) is 18.9. The predicted molar refractivity (Wildman–Crippen MR) is 103 cm³/mol. The zero-order valence-electron chi connectivity index (χ0n) is 14.0. The van der Waals surface area contributed by atoms with Crippen LogP contribution in [0.5, 0.6) is 0 Å². The number of benzene rings is 1. The predicted octanol–water partition coefficient (Wildman–Crippen LogP) is 2.50. The summed E-state index contributed by atoms with van der Waals surface area (Å²) in [6.07, 6.45) is 1.17. The molecule has 0 saturated carbocycles. The molecule has 0 radical (unpaired) electrons. The third-order valence-corrected chi connectivity index (χ3v) is 7.74. The van der Waals surface area contributed by atoms with E-state index in [1.54, 1.807) is 6.92 Å². The molecule has 2 aromatic heterocycles. The molecule has 1 amide bonds. The van der Waals surface area contributed by atoms with Gasteiger partial charge in [0.2, 0.25) is 5.91 Å². The summed E-state index contributed by atoms with van der Waals surface area (Å²) in [7, 11) is -3.85. The lowest BCUT2D eigenvalue weighted by Crippen LogP contribution is -2.37. The van der Waals surface area contributed by atoms with E-state index in [2.05, 4.69) is 15.0 Å². The molecule has 2 heterocycles. The van der Waals surface area contributed by atoms with E-state index in [1.807, 2.05) is 30.3 Å². The van der Waals surface area contributed by atoms with Crippen LogP contribution in [-0.2, 0) is 20.4 Å². The first-order valence-electron chi connectivity index (χ1n) is 7.62. The average molecular weight is 412 g/mol. The van der Waals surface area contributed by atoms with Gasteiger partial charge in [0.05, 0.1) is 6.20 Å². The maximum atomic E-state index is 12.4. The molecular formula is C16H17N3O4S3. The van der Waals surface area contributed by atoms with Crippen LogP contribution in [0.2, 0.25) is 0 Å². The van der Waals surface area contributed by atoms with Gasteiger partial charge in [-0.2, -0.15) is 0 Å². The molecule has 1 aromatic carbocycles. The standard InChI is InChI=1S/C16H17N3O4S3/c1-10(20)19-15-17-8-14(25-15)26(22,23)18-9-16(2,21)13-7-11-5-3-4-6-12(11)24-13/h3-8,18,21H,9H2,1-2H3,(H,17,19,20). The Morgan fingerprint density at radius 3 is 2.73 bits per heavy atom. The summed E-state index contributed by atoms with van der Waals surface area (Å²) in [4.78, 5) is 15.6. The molecule has 3 rings (SSSR count). The molecule has 138 valence electrons. The monoisotopic (exact) mass is 411 g/mol. The number of anilines is 1. The lowest BCUT2D eigenvalue weighted by Gasteiger charge is -2.21. The molecule has 26 heavy (non-hydrogen) atoms. The second kappa shape index (κ2) is 7.05. The van der Waals surface area contributed by atoms with Crippen LogP contribution in [0, 0.1) is 0 Å². The maximum Gasteiger partial charge on any atom is 0.251 e. The van der Waals surface area contributed by atoms with E-state index >= 15 is 0 Å². The summed E-state index contributed by atoms with van der Waals surface area (Å²) in [6.45, 7) is 2.70. The van der Waals surface area contributed by atoms with Gasteiger partial charge in [-0.15, -0.1) is 11.3 Å².